The highest BCUT2D eigenvalue weighted by molar-refractivity contribution is 6.42. The molecule has 0 aromatic heterocycles. The number of ether oxygens (including phenoxy) is 1. The van der Waals surface area contributed by atoms with Crippen molar-refractivity contribution < 1.29 is 14.3 Å². The molecule has 24 heavy (non-hydrogen) atoms. The van der Waals surface area contributed by atoms with Crippen LogP contribution in [-0.4, -0.2) is 25.0 Å². The molecule has 5 nitrogen and oxygen atoms in total. The Morgan fingerprint density at radius 2 is 1.88 bits per heavy atom. The fourth-order valence-corrected chi connectivity index (χ4v) is 2.88. The lowest BCUT2D eigenvalue weighted by Crippen LogP contribution is -2.34. The number of benzene rings is 2. The molecule has 0 spiro atoms. The van der Waals surface area contributed by atoms with Gasteiger partial charge in [0.15, 0.2) is 0 Å². The van der Waals surface area contributed by atoms with Crippen molar-refractivity contribution in [2.24, 2.45) is 0 Å². The van der Waals surface area contributed by atoms with Gasteiger partial charge in [-0.3, -0.25) is 9.59 Å². The van der Waals surface area contributed by atoms with Gasteiger partial charge in [0.2, 0.25) is 5.91 Å². The summed E-state index contributed by atoms with van der Waals surface area (Å²) >= 11 is 11.9. The predicted octanol–water partition coefficient (Wildman–Crippen LogP) is 3.75. The van der Waals surface area contributed by atoms with E-state index in [0.717, 1.165) is 4.90 Å². The molecule has 1 aliphatic rings. The molecule has 1 saturated heterocycles. The third kappa shape index (κ3) is 3.05. The van der Waals surface area contributed by atoms with E-state index in [1.165, 1.54) is 6.07 Å². The monoisotopic (exact) mass is 364 g/mol. The second-order valence-corrected chi connectivity index (χ2v) is 6.08. The van der Waals surface area contributed by atoms with Gasteiger partial charge >= 0.3 is 0 Å². The van der Waals surface area contributed by atoms with Crippen LogP contribution in [0.1, 0.15) is 6.42 Å². The van der Waals surface area contributed by atoms with E-state index in [0.29, 0.717) is 22.1 Å². The zero-order chi connectivity index (χ0) is 17.3. The molecule has 124 valence electrons. The van der Waals surface area contributed by atoms with Crippen LogP contribution in [-0.2, 0) is 9.59 Å². The van der Waals surface area contributed by atoms with Crippen molar-refractivity contribution in [2.75, 3.05) is 17.3 Å². The number of carbonyl (C=O) groups excluding carboxylic acids is 2. The van der Waals surface area contributed by atoms with Crippen LogP contribution in [0.15, 0.2) is 42.5 Å². The van der Waals surface area contributed by atoms with Crippen LogP contribution in [0, 0.1) is 0 Å². The van der Waals surface area contributed by atoms with Gasteiger partial charge in [-0.1, -0.05) is 35.3 Å². The Morgan fingerprint density at radius 3 is 2.58 bits per heavy atom. The molecule has 1 atom stereocenters. The lowest BCUT2D eigenvalue weighted by molar-refractivity contribution is -0.121. The number of amides is 2. The molecular formula is C17H14Cl2N2O3. The first-order valence-corrected chi connectivity index (χ1v) is 7.98. The smallest absolute Gasteiger partial charge is 0.256 e. The molecule has 0 aliphatic carbocycles. The second-order valence-electron chi connectivity index (χ2n) is 5.27. The summed E-state index contributed by atoms with van der Waals surface area (Å²) < 4.78 is 5.25. The topological polar surface area (TPSA) is 58.6 Å². The summed E-state index contributed by atoms with van der Waals surface area (Å²) in [5, 5.41) is 3.72. The molecule has 3 rings (SSSR count). The molecule has 7 heteroatoms. The zero-order valence-corrected chi connectivity index (χ0v) is 14.3. The minimum Gasteiger partial charge on any atom is -0.495 e. The molecule has 1 aliphatic heterocycles. The third-order valence-corrected chi connectivity index (χ3v) is 4.48. The third-order valence-electron chi connectivity index (χ3n) is 3.74. The minimum atomic E-state index is -0.664. The average molecular weight is 365 g/mol. The van der Waals surface area contributed by atoms with E-state index < -0.39 is 6.04 Å². The molecule has 0 radical (unpaired) electrons. The Bertz CT molecular complexity index is 810. The molecule has 1 N–H and O–H groups in total. The molecule has 0 bridgehead atoms. The van der Waals surface area contributed by atoms with Crippen molar-refractivity contribution in [1.82, 2.24) is 0 Å². The number of hydrogen-bond donors (Lipinski definition) is 1. The number of anilines is 2. The fourth-order valence-electron chi connectivity index (χ4n) is 2.59. The van der Waals surface area contributed by atoms with Crippen LogP contribution in [0.4, 0.5) is 11.4 Å². The predicted molar refractivity (Wildman–Crippen MR) is 94.0 cm³/mol. The van der Waals surface area contributed by atoms with Crippen LogP contribution in [0.5, 0.6) is 5.75 Å². The Hall–Kier alpha value is -2.24. The first-order chi connectivity index (χ1) is 11.5. The molecular weight excluding hydrogens is 351 g/mol. The molecule has 2 amide bonds. The lowest BCUT2D eigenvalue weighted by Gasteiger charge is -2.17. The van der Waals surface area contributed by atoms with Crippen LogP contribution in [0.2, 0.25) is 10.0 Å². The SMILES string of the molecule is COc1ccccc1NC1CC(=O)N(c2ccc(Cl)c(Cl)c2)C1=O. The maximum Gasteiger partial charge on any atom is 0.256 e. The number of rotatable bonds is 4. The number of para-hydroxylation sites is 2. The van der Waals surface area contributed by atoms with Crippen molar-refractivity contribution >= 4 is 46.4 Å². The summed E-state index contributed by atoms with van der Waals surface area (Å²) in [4.78, 5) is 26.1. The van der Waals surface area contributed by atoms with Gasteiger partial charge in [-0.25, -0.2) is 4.90 Å². The fraction of sp³-hybridized carbons (Fsp3) is 0.176. The van der Waals surface area contributed by atoms with Crippen molar-refractivity contribution in [3.05, 3.63) is 52.5 Å². The quantitative estimate of drug-likeness (QED) is 0.839. The number of methoxy groups -OCH3 is 1. The Labute approximate surface area is 149 Å². The van der Waals surface area contributed by atoms with Gasteiger partial charge < -0.3 is 10.1 Å². The van der Waals surface area contributed by atoms with Crippen molar-refractivity contribution in [2.45, 2.75) is 12.5 Å². The summed E-state index contributed by atoms with van der Waals surface area (Å²) in [6.45, 7) is 0. The van der Waals surface area contributed by atoms with Gasteiger partial charge in [-0.2, -0.15) is 0 Å². The van der Waals surface area contributed by atoms with Crippen molar-refractivity contribution in [3.8, 4) is 5.75 Å². The van der Waals surface area contributed by atoms with E-state index >= 15 is 0 Å². The maximum absolute atomic E-state index is 12.6. The van der Waals surface area contributed by atoms with Gasteiger partial charge in [0.05, 0.1) is 35.0 Å². The first-order valence-electron chi connectivity index (χ1n) is 7.22. The van der Waals surface area contributed by atoms with E-state index in [1.807, 2.05) is 12.1 Å². The van der Waals surface area contributed by atoms with Gasteiger partial charge in [-0.15, -0.1) is 0 Å². The van der Waals surface area contributed by atoms with Gasteiger partial charge in [-0.05, 0) is 30.3 Å². The summed E-state index contributed by atoms with van der Waals surface area (Å²) in [5.74, 6) is -0.0409. The average Bonchev–Trinajstić information content (AvgIpc) is 2.85. The number of hydrogen-bond acceptors (Lipinski definition) is 4. The van der Waals surface area contributed by atoms with Gasteiger partial charge in [0.1, 0.15) is 11.8 Å². The van der Waals surface area contributed by atoms with Gasteiger partial charge in [0, 0.05) is 0 Å². The number of imide groups is 1. The Balaban J connectivity index is 1.85. The van der Waals surface area contributed by atoms with Crippen LogP contribution in [0.3, 0.4) is 0 Å². The molecule has 1 fully saturated rings. The number of nitrogens with one attached hydrogen (secondary N) is 1. The van der Waals surface area contributed by atoms with Gasteiger partial charge in [0.25, 0.3) is 5.91 Å². The Kier molecular flexibility index (Phi) is 4.64. The van der Waals surface area contributed by atoms with Crippen LogP contribution < -0.4 is 15.0 Å². The van der Waals surface area contributed by atoms with E-state index in [9.17, 15) is 9.59 Å². The molecule has 0 saturated carbocycles. The van der Waals surface area contributed by atoms with E-state index in [-0.39, 0.29) is 23.3 Å². The molecule has 1 unspecified atom stereocenters. The highest BCUT2D eigenvalue weighted by atomic mass is 35.5. The first kappa shape index (κ1) is 16.6. The zero-order valence-electron chi connectivity index (χ0n) is 12.8. The second kappa shape index (κ2) is 6.71. The number of halogens is 2. The molecule has 2 aromatic carbocycles. The summed E-state index contributed by atoms with van der Waals surface area (Å²) in [6, 6.07) is 11.2. The summed E-state index contributed by atoms with van der Waals surface area (Å²) in [6.07, 6.45) is 0.0527. The standard InChI is InChI=1S/C17H14Cl2N2O3/c1-24-15-5-3-2-4-13(15)20-14-9-16(22)21(17(14)23)10-6-7-11(18)12(19)8-10/h2-8,14,20H,9H2,1H3. The summed E-state index contributed by atoms with van der Waals surface area (Å²) in [5.41, 5.74) is 1.06. The number of nitrogens with zero attached hydrogens (tertiary/aromatic N) is 1. The highest BCUT2D eigenvalue weighted by Crippen LogP contribution is 2.32. The highest BCUT2D eigenvalue weighted by Gasteiger charge is 2.40. The van der Waals surface area contributed by atoms with E-state index in [4.69, 9.17) is 27.9 Å². The van der Waals surface area contributed by atoms with E-state index in [2.05, 4.69) is 5.32 Å². The van der Waals surface area contributed by atoms with Crippen LogP contribution >= 0.6 is 23.2 Å². The van der Waals surface area contributed by atoms with Crippen molar-refractivity contribution in [3.63, 3.8) is 0 Å². The van der Waals surface area contributed by atoms with E-state index in [1.54, 1.807) is 31.4 Å². The molecule has 1 heterocycles. The maximum atomic E-state index is 12.6. The largest absolute Gasteiger partial charge is 0.495 e. The number of carbonyl (C=O) groups is 2. The normalized spacial score (nSPS) is 17.3. The van der Waals surface area contributed by atoms with Crippen LogP contribution in [0.25, 0.3) is 0 Å². The molecule has 2 aromatic rings. The summed E-state index contributed by atoms with van der Waals surface area (Å²) in [7, 11) is 1.55. The van der Waals surface area contributed by atoms with Crippen molar-refractivity contribution in [1.29, 1.82) is 0 Å². The minimum absolute atomic E-state index is 0.0527. The lowest BCUT2D eigenvalue weighted by atomic mass is 10.2. The Morgan fingerprint density at radius 1 is 1.12 bits per heavy atom.